The molecule has 0 heterocycles. The number of aromatic hydroxyl groups is 2. The lowest BCUT2D eigenvalue weighted by atomic mass is 9.99. The van der Waals surface area contributed by atoms with Crippen LogP contribution in [0.3, 0.4) is 0 Å². The summed E-state index contributed by atoms with van der Waals surface area (Å²) in [5.41, 5.74) is 1.14. The molecule has 2 rings (SSSR count). The summed E-state index contributed by atoms with van der Waals surface area (Å²) < 4.78 is 0. The van der Waals surface area contributed by atoms with Gasteiger partial charge in [0.25, 0.3) is 0 Å². The zero-order valence-electron chi connectivity index (χ0n) is 8.79. The minimum Gasteiger partial charge on any atom is -0.508 e. The van der Waals surface area contributed by atoms with E-state index >= 15 is 0 Å². The van der Waals surface area contributed by atoms with Crippen molar-refractivity contribution in [2.75, 3.05) is 0 Å². The molecule has 0 bridgehead atoms. The second-order valence-corrected chi connectivity index (χ2v) is 3.58. The number of rotatable bonds is 2. The Labute approximate surface area is 97.4 Å². The predicted octanol–water partition coefficient (Wildman–Crippen LogP) is 2.46. The van der Waals surface area contributed by atoms with Gasteiger partial charge in [0.05, 0.1) is 5.56 Å². The Morgan fingerprint density at radius 3 is 2.06 bits per heavy atom. The number of hydrogen-bond acceptors (Lipinski definition) is 3. The molecule has 0 saturated heterocycles. The molecule has 0 aliphatic heterocycles. The van der Waals surface area contributed by atoms with Crippen molar-refractivity contribution in [2.24, 2.45) is 0 Å². The van der Waals surface area contributed by atoms with Crippen LogP contribution in [0.5, 0.6) is 11.5 Å². The first kappa shape index (κ1) is 11.0. The number of carboxylic acids is 1. The van der Waals surface area contributed by atoms with E-state index in [2.05, 4.69) is 0 Å². The van der Waals surface area contributed by atoms with E-state index in [0.717, 1.165) is 0 Å². The van der Waals surface area contributed by atoms with Gasteiger partial charge in [0, 0.05) is 0 Å². The van der Waals surface area contributed by atoms with Crippen LogP contribution in [0, 0.1) is 0 Å². The summed E-state index contributed by atoms with van der Waals surface area (Å²) in [6.45, 7) is 0. The quantitative estimate of drug-likeness (QED) is 0.740. The highest BCUT2D eigenvalue weighted by molar-refractivity contribution is 5.96. The fourth-order valence-corrected chi connectivity index (χ4v) is 1.60. The van der Waals surface area contributed by atoms with Crippen molar-refractivity contribution in [1.82, 2.24) is 0 Å². The van der Waals surface area contributed by atoms with Crippen LogP contribution in [0.2, 0.25) is 0 Å². The van der Waals surface area contributed by atoms with Gasteiger partial charge in [0.15, 0.2) is 0 Å². The van der Waals surface area contributed by atoms with Crippen LogP contribution in [0.15, 0.2) is 42.5 Å². The minimum absolute atomic E-state index is 0.00178. The van der Waals surface area contributed by atoms with E-state index in [9.17, 15) is 15.0 Å². The zero-order valence-corrected chi connectivity index (χ0v) is 8.79. The van der Waals surface area contributed by atoms with Crippen LogP contribution in [0.25, 0.3) is 11.1 Å². The summed E-state index contributed by atoms with van der Waals surface area (Å²) in [6, 6.07) is 10.2. The van der Waals surface area contributed by atoms with Crippen LogP contribution >= 0.6 is 0 Å². The average molecular weight is 230 g/mol. The molecule has 86 valence electrons. The molecule has 17 heavy (non-hydrogen) atoms. The molecule has 4 nitrogen and oxygen atoms in total. The maximum absolute atomic E-state index is 11.0. The number of carboxylic acid groups (broad SMARTS) is 1. The number of hydrogen-bond donors (Lipinski definition) is 3. The SMILES string of the molecule is O=C(O)c1ccc(O)cc1-c1ccc(O)cc1. The lowest BCUT2D eigenvalue weighted by Gasteiger charge is -2.07. The second-order valence-electron chi connectivity index (χ2n) is 3.58. The van der Waals surface area contributed by atoms with Crippen LogP contribution in [-0.4, -0.2) is 21.3 Å². The summed E-state index contributed by atoms with van der Waals surface area (Å²) in [5.74, 6) is -0.961. The number of phenols is 2. The summed E-state index contributed by atoms with van der Waals surface area (Å²) >= 11 is 0. The zero-order chi connectivity index (χ0) is 12.4. The van der Waals surface area contributed by atoms with Crippen molar-refractivity contribution >= 4 is 5.97 Å². The standard InChI is InChI=1S/C13H10O4/c14-9-3-1-8(2-4-9)12-7-10(15)5-6-11(12)13(16)17/h1-7,14-15H,(H,16,17). The van der Waals surface area contributed by atoms with Gasteiger partial charge in [0.1, 0.15) is 11.5 Å². The molecule has 3 N–H and O–H groups in total. The largest absolute Gasteiger partial charge is 0.508 e. The fourth-order valence-electron chi connectivity index (χ4n) is 1.60. The molecule has 0 spiro atoms. The molecule has 0 aliphatic rings. The molecule has 0 amide bonds. The molecular weight excluding hydrogens is 220 g/mol. The number of carbonyl (C=O) groups is 1. The monoisotopic (exact) mass is 230 g/mol. The van der Waals surface area contributed by atoms with Gasteiger partial charge in [-0.25, -0.2) is 4.79 Å². The fraction of sp³-hybridized carbons (Fsp3) is 0. The minimum atomic E-state index is -1.06. The number of aromatic carboxylic acids is 1. The number of benzene rings is 2. The third kappa shape index (κ3) is 2.20. The van der Waals surface area contributed by atoms with Gasteiger partial charge in [-0.1, -0.05) is 12.1 Å². The van der Waals surface area contributed by atoms with Gasteiger partial charge >= 0.3 is 5.97 Å². The van der Waals surface area contributed by atoms with Crippen molar-refractivity contribution in [3.05, 3.63) is 48.0 Å². The first-order valence-electron chi connectivity index (χ1n) is 4.93. The third-order valence-electron chi connectivity index (χ3n) is 2.41. The van der Waals surface area contributed by atoms with Crippen LogP contribution in [0.4, 0.5) is 0 Å². The Hall–Kier alpha value is -2.49. The predicted molar refractivity (Wildman–Crippen MR) is 62.2 cm³/mol. The molecule has 4 heteroatoms. The maximum atomic E-state index is 11.0. The molecule has 0 fully saturated rings. The van der Waals surface area contributed by atoms with Crippen molar-refractivity contribution < 1.29 is 20.1 Å². The van der Waals surface area contributed by atoms with E-state index in [1.54, 1.807) is 12.1 Å². The molecule has 2 aromatic rings. The van der Waals surface area contributed by atoms with Gasteiger partial charge in [-0.05, 0) is 41.5 Å². The van der Waals surface area contributed by atoms with E-state index in [-0.39, 0.29) is 17.1 Å². The Kier molecular flexibility index (Phi) is 2.70. The second kappa shape index (κ2) is 4.17. The third-order valence-corrected chi connectivity index (χ3v) is 2.41. The van der Waals surface area contributed by atoms with Crippen molar-refractivity contribution in [2.45, 2.75) is 0 Å². The van der Waals surface area contributed by atoms with E-state index in [1.165, 1.54) is 30.3 Å². The van der Waals surface area contributed by atoms with Crippen molar-refractivity contribution in [3.8, 4) is 22.6 Å². The van der Waals surface area contributed by atoms with E-state index < -0.39 is 5.97 Å². The Morgan fingerprint density at radius 1 is 0.882 bits per heavy atom. The highest BCUT2D eigenvalue weighted by Gasteiger charge is 2.12. The Morgan fingerprint density at radius 2 is 1.47 bits per heavy atom. The van der Waals surface area contributed by atoms with Crippen molar-refractivity contribution in [1.29, 1.82) is 0 Å². The lowest BCUT2D eigenvalue weighted by molar-refractivity contribution is 0.0697. The van der Waals surface area contributed by atoms with Crippen LogP contribution < -0.4 is 0 Å². The first-order valence-corrected chi connectivity index (χ1v) is 4.93. The molecule has 0 unspecified atom stereocenters. The highest BCUT2D eigenvalue weighted by Crippen LogP contribution is 2.28. The van der Waals surface area contributed by atoms with Gasteiger partial charge in [-0.15, -0.1) is 0 Å². The molecular formula is C13H10O4. The van der Waals surface area contributed by atoms with E-state index in [0.29, 0.717) is 11.1 Å². The van der Waals surface area contributed by atoms with Gasteiger partial charge in [0.2, 0.25) is 0 Å². The average Bonchev–Trinajstić information content (AvgIpc) is 2.29. The molecule has 0 radical (unpaired) electrons. The summed E-state index contributed by atoms with van der Waals surface area (Å²) in [5, 5.41) is 27.6. The van der Waals surface area contributed by atoms with Crippen LogP contribution in [0.1, 0.15) is 10.4 Å². The van der Waals surface area contributed by atoms with E-state index in [1.807, 2.05) is 0 Å². The number of phenolic OH excluding ortho intramolecular Hbond substituents is 2. The van der Waals surface area contributed by atoms with Gasteiger partial charge in [-0.3, -0.25) is 0 Å². The molecule has 0 aromatic heterocycles. The van der Waals surface area contributed by atoms with Crippen LogP contribution in [-0.2, 0) is 0 Å². The first-order chi connectivity index (χ1) is 8.08. The molecule has 2 aromatic carbocycles. The molecule has 0 atom stereocenters. The molecule has 0 saturated carbocycles. The summed E-state index contributed by atoms with van der Waals surface area (Å²) in [4.78, 5) is 11.0. The maximum Gasteiger partial charge on any atom is 0.336 e. The van der Waals surface area contributed by atoms with Gasteiger partial charge < -0.3 is 15.3 Å². The topological polar surface area (TPSA) is 77.8 Å². The van der Waals surface area contributed by atoms with Crippen molar-refractivity contribution in [3.63, 3.8) is 0 Å². The van der Waals surface area contributed by atoms with E-state index in [4.69, 9.17) is 5.11 Å². The summed E-state index contributed by atoms with van der Waals surface area (Å²) in [7, 11) is 0. The smallest absolute Gasteiger partial charge is 0.336 e. The Bertz CT molecular complexity index is 558. The Balaban J connectivity index is 2.60. The van der Waals surface area contributed by atoms with Gasteiger partial charge in [-0.2, -0.15) is 0 Å². The highest BCUT2D eigenvalue weighted by atomic mass is 16.4. The normalized spacial score (nSPS) is 10.1. The molecule has 0 aliphatic carbocycles. The summed E-state index contributed by atoms with van der Waals surface area (Å²) in [6.07, 6.45) is 0. The lowest BCUT2D eigenvalue weighted by Crippen LogP contribution is -1.99.